The van der Waals surface area contributed by atoms with Crippen molar-refractivity contribution in [3.63, 3.8) is 0 Å². The molecule has 0 saturated carbocycles. The Balaban J connectivity index is 1.60. The lowest BCUT2D eigenvalue weighted by atomic mass is 10.2. The maximum absolute atomic E-state index is 12.0. The zero-order valence-electron chi connectivity index (χ0n) is 12.2. The van der Waals surface area contributed by atoms with Crippen LogP contribution in [0.4, 0.5) is 11.7 Å². The lowest BCUT2D eigenvalue weighted by Crippen LogP contribution is -2.40. The molecule has 0 aromatic carbocycles. The molecule has 1 saturated heterocycles. The maximum Gasteiger partial charge on any atom is 0.433 e. The van der Waals surface area contributed by atoms with E-state index < -0.39 is 16.7 Å². The van der Waals surface area contributed by atoms with E-state index in [1.54, 1.807) is 6.20 Å². The fraction of sp³-hybridized carbons (Fsp3) is 0.357. The van der Waals surface area contributed by atoms with Crippen molar-refractivity contribution in [3.05, 3.63) is 46.3 Å². The molecule has 1 atom stereocenters. The van der Waals surface area contributed by atoms with Crippen LogP contribution >= 0.6 is 0 Å². The second kappa shape index (κ2) is 6.42. The van der Waals surface area contributed by atoms with E-state index in [1.807, 2.05) is 12.1 Å². The molecule has 1 N–H and O–H groups in total. The summed E-state index contributed by atoms with van der Waals surface area (Å²) in [5.41, 5.74) is 0. The Labute approximate surface area is 131 Å². The third-order valence-corrected chi connectivity index (χ3v) is 3.72. The third kappa shape index (κ3) is 3.28. The molecular weight excluding hydrogens is 302 g/mol. The number of amides is 1. The normalized spacial score (nSPS) is 17.2. The highest BCUT2D eigenvalue weighted by Crippen LogP contribution is 2.22. The summed E-state index contributed by atoms with van der Waals surface area (Å²) in [5.74, 6) is -0.208. The molecule has 1 amide bonds. The Bertz CT molecular complexity index is 702. The Morgan fingerprint density at radius 1 is 1.48 bits per heavy atom. The van der Waals surface area contributed by atoms with Gasteiger partial charge in [0.15, 0.2) is 11.6 Å². The first-order chi connectivity index (χ1) is 11.1. The number of hydrogen-bond donors (Lipinski definition) is 1. The zero-order valence-corrected chi connectivity index (χ0v) is 12.2. The second-order valence-corrected chi connectivity index (χ2v) is 5.18. The highest BCUT2D eigenvalue weighted by atomic mass is 16.6. The van der Waals surface area contributed by atoms with Crippen LogP contribution in [0.15, 0.2) is 34.9 Å². The number of rotatable bonds is 5. The summed E-state index contributed by atoms with van der Waals surface area (Å²) in [6.07, 6.45) is 3.54. The summed E-state index contributed by atoms with van der Waals surface area (Å²) >= 11 is 0. The summed E-state index contributed by atoms with van der Waals surface area (Å²) in [5, 5.41) is 21.3. The van der Waals surface area contributed by atoms with Crippen LogP contribution in [0.25, 0.3) is 0 Å². The third-order valence-electron chi connectivity index (χ3n) is 3.72. The number of nitrogens with zero attached hydrogens (tertiary/aromatic N) is 4. The van der Waals surface area contributed by atoms with E-state index in [4.69, 9.17) is 4.42 Å². The Morgan fingerprint density at radius 3 is 3.04 bits per heavy atom. The number of nitro groups is 1. The first kappa shape index (κ1) is 14.9. The van der Waals surface area contributed by atoms with E-state index in [-0.39, 0.29) is 11.8 Å². The SMILES string of the molecule is O=C(NC[C@@H]1CCCN1c1cccnn1)c1ccc([N+](=O)[O-])o1. The number of aromatic nitrogens is 2. The molecule has 0 aliphatic carbocycles. The van der Waals surface area contributed by atoms with Crippen molar-refractivity contribution in [2.45, 2.75) is 18.9 Å². The van der Waals surface area contributed by atoms with Gasteiger partial charge in [-0.1, -0.05) is 0 Å². The maximum atomic E-state index is 12.0. The molecule has 2 aromatic heterocycles. The summed E-state index contributed by atoms with van der Waals surface area (Å²) in [7, 11) is 0. The molecule has 120 valence electrons. The number of furan rings is 1. The van der Waals surface area contributed by atoms with E-state index >= 15 is 0 Å². The van der Waals surface area contributed by atoms with Gasteiger partial charge in [-0.15, -0.1) is 5.10 Å². The van der Waals surface area contributed by atoms with Gasteiger partial charge in [-0.3, -0.25) is 14.9 Å². The van der Waals surface area contributed by atoms with Crippen molar-refractivity contribution < 1.29 is 14.1 Å². The molecule has 2 aromatic rings. The number of carbonyl (C=O) groups excluding carboxylic acids is 1. The van der Waals surface area contributed by atoms with Crippen LogP contribution in [0.5, 0.6) is 0 Å². The van der Waals surface area contributed by atoms with Crippen molar-refractivity contribution in [2.24, 2.45) is 0 Å². The van der Waals surface area contributed by atoms with Gasteiger partial charge in [0.25, 0.3) is 5.91 Å². The minimum absolute atomic E-state index is 0.0688. The number of anilines is 1. The van der Waals surface area contributed by atoms with Crippen LogP contribution in [0.2, 0.25) is 0 Å². The fourth-order valence-electron chi connectivity index (χ4n) is 2.64. The van der Waals surface area contributed by atoms with Crippen LogP contribution in [-0.4, -0.2) is 40.2 Å². The smallest absolute Gasteiger partial charge is 0.395 e. The van der Waals surface area contributed by atoms with E-state index in [9.17, 15) is 14.9 Å². The Morgan fingerprint density at radius 2 is 2.35 bits per heavy atom. The van der Waals surface area contributed by atoms with Crippen LogP contribution in [0.1, 0.15) is 23.4 Å². The van der Waals surface area contributed by atoms with Crippen molar-refractivity contribution in [1.29, 1.82) is 0 Å². The van der Waals surface area contributed by atoms with Gasteiger partial charge in [0.05, 0.1) is 6.07 Å². The average Bonchev–Trinajstić information content (AvgIpc) is 3.22. The lowest BCUT2D eigenvalue weighted by Gasteiger charge is -2.25. The van der Waals surface area contributed by atoms with Gasteiger partial charge < -0.3 is 14.6 Å². The average molecular weight is 317 g/mol. The van der Waals surface area contributed by atoms with Gasteiger partial charge in [-0.25, -0.2) is 0 Å². The molecule has 0 bridgehead atoms. The predicted molar refractivity (Wildman–Crippen MR) is 80.1 cm³/mol. The molecule has 1 aliphatic rings. The monoisotopic (exact) mass is 317 g/mol. The van der Waals surface area contributed by atoms with Crippen LogP contribution in [0.3, 0.4) is 0 Å². The van der Waals surface area contributed by atoms with E-state index in [1.165, 1.54) is 6.07 Å². The van der Waals surface area contributed by atoms with Gasteiger partial charge in [-0.2, -0.15) is 5.10 Å². The van der Waals surface area contributed by atoms with E-state index in [2.05, 4.69) is 20.4 Å². The lowest BCUT2D eigenvalue weighted by molar-refractivity contribution is -0.402. The summed E-state index contributed by atoms with van der Waals surface area (Å²) < 4.78 is 4.89. The standard InChI is InChI=1S/C14H15N5O4/c20-14(11-5-6-13(23-11)19(21)22)15-9-10-3-2-8-18(10)12-4-1-7-16-17-12/h1,4-7,10H,2-3,8-9H2,(H,15,20)/t10-/m0/s1. The Hall–Kier alpha value is -2.97. The topological polar surface area (TPSA) is 114 Å². The molecule has 0 radical (unpaired) electrons. The molecular formula is C14H15N5O4. The van der Waals surface area contributed by atoms with Crippen molar-refractivity contribution in [3.8, 4) is 0 Å². The first-order valence-electron chi connectivity index (χ1n) is 7.22. The van der Waals surface area contributed by atoms with Gasteiger partial charge in [0, 0.05) is 25.3 Å². The molecule has 3 rings (SSSR count). The van der Waals surface area contributed by atoms with Crippen molar-refractivity contribution in [2.75, 3.05) is 18.0 Å². The predicted octanol–water partition coefficient (Wildman–Crippen LogP) is 1.38. The molecule has 1 fully saturated rings. The highest BCUT2D eigenvalue weighted by Gasteiger charge is 2.27. The van der Waals surface area contributed by atoms with E-state index in [0.717, 1.165) is 31.3 Å². The van der Waals surface area contributed by atoms with Gasteiger partial charge >= 0.3 is 5.88 Å². The minimum Gasteiger partial charge on any atom is -0.395 e. The quantitative estimate of drug-likeness (QED) is 0.654. The summed E-state index contributed by atoms with van der Waals surface area (Å²) in [4.78, 5) is 24.0. The Kier molecular flexibility index (Phi) is 4.18. The number of nitrogens with one attached hydrogen (secondary N) is 1. The highest BCUT2D eigenvalue weighted by molar-refractivity contribution is 5.91. The van der Waals surface area contributed by atoms with E-state index in [0.29, 0.717) is 6.54 Å². The molecule has 9 nitrogen and oxygen atoms in total. The van der Waals surface area contributed by atoms with Crippen LogP contribution in [0, 0.1) is 10.1 Å². The molecule has 3 heterocycles. The molecule has 1 aliphatic heterocycles. The van der Waals surface area contributed by atoms with Crippen molar-refractivity contribution in [1.82, 2.24) is 15.5 Å². The van der Waals surface area contributed by atoms with Gasteiger partial charge in [-0.05, 0) is 31.0 Å². The molecule has 0 unspecified atom stereocenters. The zero-order chi connectivity index (χ0) is 16.2. The molecule has 0 spiro atoms. The largest absolute Gasteiger partial charge is 0.433 e. The minimum atomic E-state index is -0.677. The first-order valence-corrected chi connectivity index (χ1v) is 7.22. The fourth-order valence-corrected chi connectivity index (χ4v) is 2.64. The van der Waals surface area contributed by atoms with Crippen LogP contribution in [-0.2, 0) is 0 Å². The van der Waals surface area contributed by atoms with Crippen LogP contribution < -0.4 is 10.2 Å². The molecule has 9 heteroatoms. The summed E-state index contributed by atoms with van der Waals surface area (Å²) in [6, 6.07) is 6.26. The number of hydrogen-bond acceptors (Lipinski definition) is 7. The summed E-state index contributed by atoms with van der Waals surface area (Å²) in [6.45, 7) is 1.26. The van der Waals surface area contributed by atoms with Crippen molar-refractivity contribution >= 4 is 17.6 Å². The second-order valence-electron chi connectivity index (χ2n) is 5.18. The van der Waals surface area contributed by atoms with Gasteiger partial charge in [0.1, 0.15) is 4.92 Å². The molecule has 23 heavy (non-hydrogen) atoms. The van der Waals surface area contributed by atoms with Gasteiger partial charge in [0.2, 0.25) is 0 Å². The number of carbonyl (C=O) groups is 1.